The zero-order valence-electron chi connectivity index (χ0n) is 10.7. The number of nitrogens with one attached hydrogen (secondary N) is 1. The average molecular weight is 337 g/mol. The lowest BCUT2D eigenvalue weighted by Crippen LogP contribution is -2.14. The third-order valence-corrected chi connectivity index (χ3v) is 4.02. The van der Waals surface area contributed by atoms with E-state index in [4.69, 9.17) is 0 Å². The zero-order chi connectivity index (χ0) is 16.5. The van der Waals surface area contributed by atoms with Gasteiger partial charge in [-0.2, -0.15) is 13.2 Å². The first-order chi connectivity index (χ1) is 10.1. The molecule has 0 heterocycles. The molecule has 0 aliphatic heterocycles. The van der Waals surface area contributed by atoms with Gasteiger partial charge in [0.15, 0.2) is 11.6 Å². The number of hydrogen-bond acceptors (Lipinski definition) is 2. The summed E-state index contributed by atoms with van der Waals surface area (Å²) >= 11 is 0. The van der Waals surface area contributed by atoms with Crippen LogP contribution in [0.15, 0.2) is 47.4 Å². The van der Waals surface area contributed by atoms with Crippen molar-refractivity contribution >= 4 is 15.7 Å². The van der Waals surface area contributed by atoms with Gasteiger partial charge in [0, 0.05) is 5.69 Å². The number of benzene rings is 2. The van der Waals surface area contributed by atoms with E-state index in [0.29, 0.717) is 18.2 Å². The number of anilines is 1. The van der Waals surface area contributed by atoms with Gasteiger partial charge in [0.05, 0.1) is 10.5 Å². The molecule has 0 aromatic heterocycles. The Hall–Kier alpha value is -2.16. The van der Waals surface area contributed by atoms with Crippen LogP contribution in [0.5, 0.6) is 0 Å². The Labute approximate surface area is 122 Å². The van der Waals surface area contributed by atoms with Crippen molar-refractivity contribution in [1.82, 2.24) is 0 Å². The molecule has 0 bridgehead atoms. The summed E-state index contributed by atoms with van der Waals surface area (Å²) in [6.07, 6.45) is -4.64. The molecule has 3 nitrogen and oxygen atoms in total. The van der Waals surface area contributed by atoms with Crippen molar-refractivity contribution in [2.45, 2.75) is 11.1 Å². The fraction of sp³-hybridized carbons (Fsp3) is 0.0769. The van der Waals surface area contributed by atoms with Gasteiger partial charge in [0.25, 0.3) is 10.0 Å². The van der Waals surface area contributed by atoms with E-state index < -0.39 is 38.3 Å². The minimum Gasteiger partial charge on any atom is -0.280 e. The maximum Gasteiger partial charge on any atom is 0.416 e. The second kappa shape index (κ2) is 5.56. The van der Waals surface area contributed by atoms with Crippen LogP contribution in [0, 0.1) is 11.6 Å². The Kier molecular flexibility index (Phi) is 4.10. The van der Waals surface area contributed by atoms with E-state index in [1.165, 1.54) is 0 Å². The summed E-state index contributed by atoms with van der Waals surface area (Å²) < 4.78 is 89.3. The van der Waals surface area contributed by atoms with Crippen LogP contribution in [0.2, 0.25) is 0 Å². The molecule has 0 radical (unpaired) electrons. The lowest BCUT2D eigenvalue weighted by Gasteiger charge is -2.11. The molecule has 2 rings (SSSR count). The summed E-state index contributed by atoms with van der Waals surface area (Å²) in [5.74, 6) is -2.62. The predicted octanol–water partition coefficient (Wildman–Crippen LogP) is 3.78. The van der Waals surface area contributed by atoms with E-state index in [0.717, 1.165) is 24.3 Å². The lowest BCUT2D eigenvalue weighted by atomic mass is 10.2. The standard InChI is InChI=1S/C13H8F5NO2S/c14-11-5-4-10(7-12(11)15)22(20,21)19-9-3-1-2-8(6-9)13(16,17)18/h1-7,19H. The van der Waals surface area contributed by atoms with Gasteiger partial charge in [-0.25, -0.2) is 17.2 Å². The maximum absolute atomic E-state index is 13.1. The van der Waals surface area contributed by atoms with Crippen LogP contribution in [0.3, 0.4) is 0 Å². The smallest absolute Gasteiger partial charge is 0.280 e. The first-order valence-electron chi connectivity index (χ1n) is 5.75. The molecule has 1 N–H and O–H groups in total. The molecule has 2 aromatic rings. The third-order valence-electron chi connectivity index (χ3n) is 2.64. The monoisotopic (exact) mass is 337 g/mol. The minimum absolute atomic E-state index is 0.348. The average Bonchev–Trinajstić information content (AvgIpc) is 2.40. The van der Waals surface area contributed by atoms with Gasteiger partial charge in [-0.3, -0.25) is 4.72 Å². The summed E-state index contributed by atoms with van der Waals surface area (Å²) in [6.45, 7) is 0. The van der Waals surface area contributed by atoms with Gasteiger partial charge in [0.2, 0.25) is 0 Å². The van der Waals surface area contributed by atoms with E-state index >= 15 is 0 Å². The normalized spacial score (nSPS) is 12.2. The number of rotatable bonds is 3. The van der Waals surface area contributed by atoms with Crippen molar-refractivity contribution < 1.29 is 30.4 Å². The van der Waals surface area contributed by atoms with E-state index in [-0.39, 0.29) is 5.69 Å². The fourth-order valence-electron chi connectivity index (χ4n) is 1.62. The molecule has 0 spiro atoms. The number of sulfonamides is 1. The summed E-state index contributed by atoms with van der Waals surface area (Å²) in [7, 11) is -4.34. The topological polar surface area (TPSA) is 46.2 Å². The van der Waals surface area contributed by atoms with E-state index in [9.17, 15) is 30.4 Å². The van der Waals surface area contributed by atoms with Crippen LogP contribution in [0.4, 0.5) is 27.6 Å². The van der Waals surface area contributed by atoms with Gasteiger partial charge in [-0.1, -0.05) is 6.07 Å². The van der Waals surface area contributed by atoms with Gasteiger partial charge < -0.3 is 0 Å². The Morgan fingerprint density at radius 2 is 1.59 bits per heavy atom. The highest BCUT2D eigenvalue weighted by molar-refractivity contribution is 7.92. The largest absolute Gasteiger partial charge is 0.416 e. The molecular formula is C13H8F5NO2S. The van der Waals surface area contributed by atoms with Crippen molar-refractivity contribution in [3.63, 3.8) is 0 Å². The zero-order valence-corrected chi connectivity index (χ0v) is 11.5. The third kappa shape index (κ3) is 3.53. The molecule has 0 atom stereocenters. The Morgan fingerprint density at radius 1 is 0.909 bits per heavy atom. The highest BCUT2D eigenvalue weighted by Gasteiger charge is 2.30. The van der Waals surface area contributed by atoms with Crippen LogP contribution >= 0.6 is 0 Å². The molecule has 2 aromatic carbocycles. The highest BCUT2D eigenvalue weighted by atomic mass is 32.2. The van der Waals surface area contributed by atoms with Crippen molar-refractivity contribution in [3.05, 3.63) is 59.7 Å². The maximum atomic E-state index is 13.1. The van der Waals surface area contributed by atoms with Gasteiger partial charge in [0.1, 0.15) is 0 Å². The van der Waals surface area contributed by atoms with Crippen LogP contribution in [0.25, 0.3) is 0 Å². The number of hydrogen-bond donors (Lipinski definition) is 1. The molecule has 0 saturated carbocycles. The summed E-state index contributed by atoms with van der Waals surface area (Å²) in [5, 5.41) is 0. The van der Waals surface area contributed by atoms with Crippen molar-refractivity contribution in [2.75, 3.05) is 4.72 Å². The van der Waals surface area contributed by atoms with E-state index in [1.54, 1.807) is 0 Å². The summed E-state index contributed by atoms with van der Waals surface area (Å²) in [5.41, 5.74) is -1.39. The quantitative estimate of drug-likeness (QED) is 0.867. The molecule has 0 aliphatic carbocycles. The first-order valence-corrected chi connectivity index (χ1v) is 7.23. The molecule has 0 amide bonds. The molecular weight excluding hydrogens is 329 g/mol. The number of alkyl halides is 3. The van der Waals surface area contributed by atoms with Gasteiger partial charge in [-0.05, 0) is 36.4 Å². The highest BCUT2D eigenvalue weighted by Crippen LogP contribution is 2.31. The molecule has 9 heteroatoms. The predicted molar refractivity (Wildman–Crippen MR) is 68.6 cm³/mol. The molecule has 0 fully saturated rings. The van der Waals surface area contributed by atoms with Crippen LogP contribution in [-0.2, 0) is 16.2 Å². The molecule has 0 saturated heterocycles. The van der Waals surface area contributed by atoms with Crippen molar-refractivity contribution in [1.29, 1.82) is 0 Å². The van der Waals surface area contributed by atoms with Crippen molar-refractivity contribution in [2.24, 2.45) is 0 Å². The van der Waals surface area contributed by atoms with Crippen LogP contribution < -0.4 is 4.72 Å². The van der Waals surface area contributed by atoms with E-state index in [1.807, 2.05) is 4.72 Å². The lowest BCUT2D eigenvalue weighted by molar-refractivity contribution is -0.137. The SMILES string of the molecule is O=S(=O)(Nc1cccc(C(F)(F)F)c1)c1ccc(F)c(F)c1. The van der Waals surface area contributed by atoms with E-state index in [2.05, 4.69) is 0 Å². The van der Waals surface area contributed by atoms with Crippen LogP contribution in [-0.4, -0.2) is 8.42 Å². The first kappa shape index (κ1) is 16.2. The second-order valence-electron chi connectivity index (χ2n) is 4.26. The van der Waals surface area contributed by atoms with Crippen LogP contribution in [0.1, 0.15) is 5.56 Å². The molecule has 22 heavy (non-hydrogen) atoms. The molecule has 118 valence electrons. The Balaban J connectivity index is 2.35. The molecule has 0 unspecified atom stereocenters. The van der Waals surface area contributed by atoms with Gasteiger partial charge >= 0.3 is 6.18 Å². The second-order valence-corrected chi connectivity index (χ2v) is 5.94. The summed E-state index contributed by atoms with van der Waals surface area (Å²) in [6, 6.07) is 5.33. The Bertz CT molecular complexity index is 802. The fourth-order valence-corrected chi connectivity index (χ4v) is 2.68. The minimum atomic E-state index is -4.64. The summed E-state index contributed by atoms with van der Waals surface area (Å²) in [4.78, 5) is -0.608. The van der Waals surface area contributed by atoms with Crippen molar-refractivity contribution in [3.8, 4) is 0 Å². The number of halogens is 5. The van der Waals surface area contributed by atoms with Gasteiger partial charge in [-0.15, -0.1) is 0 Å². The Morgan fingerprint density at radius 3 is 2.18 bits per heavy atom. The molecule has 0 aliphatic rings.